The second kappa shape index (κ2) is 8.84. The van der Waals surface area contributed by atoms with Crippen LogP contribution in [0.25, 0.3) is 23.3 Å². The van der Waals surface area contributed by atoms with Crippen LogP contribution < -0.4 is 5.56 Å². The minimum atomic E-state index is -0.651. The third-order valence-electron chi connectivity index (χ3n) is 4.51. The molecule has 0 amide bonds. The average Bonchev–Trinajstić information content (AvgIpc) is 2.70. The molecule has 0 aliphatic carbocycles. The van der Waals surface area contributed by atoms with Crippen LogP contribution in [0.3, 0.4) is 0 Å². The third kappa shape index (κ3) is 4.38. The molecule has 0 aliphatic rings. The second-order valence-corrected chi connectivity index (χ2v) is 7.84. The van der Waals surface area contributed by atoms with Crippen molar-refractivity contribution in [3.05, 3.63) is 80.0 Å². The van der Waals surface area contributed by atoms with Crippen molar-refractivity contribution < 1.29 is 9.50 Å². The van der Waals surface area contributed by atoms with Gasteiger partial charge >= 0.3 is 0 Å². The maximum atomic E-state index is 14.8. The Morgan fingerprint density at radius 2 is 1.86 bits per heavy atom. The standard InChI is InChI=1S/C22H20ClFN2O2S/c1-13-21(27)20(22(28)26(2)25-13)19-16(17(23)10-11-18(19)24)9-8-14-4-6-15(7-5-14)12-29-3/h4-11,27H,12H2,1-3H3/b9-8+. The van der Waals surface area contributed by atoms with E-state index < -0.39 is 11.4 Å². The van der Waals surface area contributed by atoms with Gasteiger partial charge in [0, 0.05) is 29.0 Å². The second-order valence-electron chi connectivity index (χ2n) is 6.56. The van der Waals surface area contributed by atoms with E-state index in [2.05, 4.69) is 5.10 Å². The number of hydrogen-bond donors (Lipinski definition) is 1. The Morgan fingerprint density at radius 3 is 2.52 bits per heavy atom. The van der Waals surface area contributed by atoms with Gasteiger partial charge in [0.05, 0.1) is 5.56 Å². The lowest BCUT2D eigenvalue weighted by Crippen LogP contribution is -2.23. The molecular weight excluding hydrogens is 411 g/mol. The predicted molar refractivity (Wildman–Crippen MR) is 119 cm³/mol. The molecule has 1 heterocycles. The van der Waals surface area contributed by atoms with E-state index in [9.17, 15) is 14.3 Å². The summed E-state index contributed by atoms with van der Waals surface area (Å²) < 4.78 is 15.9. The zero-order valence-corrected chi connectivity index (χ0v) is 17.8. The van der Waals surface area contributed by atoms with E-state index in [0.29, 0.717) is 5.56 Å². The van der Waals surface area contributed by atoms with Gasteiger partial charge in [-0.05, 0) is 36.4 Å². The van der Waals surface area contributed by atoms with Crippen LogP contribution in [0.5, 0.6) is 5.75 Å². The molecule has 3 aromatic rings. The molecule has 150 valence electrons. The van der Waals surface area contributed by atoms with Gasteiger partial charge < -0.3 is 5.11 Å². The van der Waals surface area contributed by atoms with Crippen LogP contribution in [0.15, 0.2) is 41.2 Å². The number of thioether (sulfide) groups is 1. The van der Waals surface area contributed by atoms with Crippen molar-refractivity contribution in [1.82, 2.24) is 9.78 Å². The summed E-state index contributed by atoms with van der Waals surface area (Å²) in [5.41, 5.74) is 1.85. The number of aromatic hydroxyl groups is 1. The van der Waals surface area contributed by atoms with Crippen molar-refractivity contribution in [1.29, 1.82) is 0 Å². The largest absolute Gasteiger partial charge is 0.505 e. The monoisotopic (exact) mass is 430 g/mol. The quantitative estimate of drug-likeness (QED) is 0.559. The summed E-state index contributed by atoms with van der Waals surface area (Å²) in [6.45, 7) is 1.55. The molecule has 0 atom stereocenters. The first-order valence-electron chi connectivity index (χ1n) is 8.84. The summed E-state index contributed by atoms with van der Waals surface area (Å²) in [4.78, 5) is 12.6. The lowest BCUT2D eigenvalue weighted by atomic mass is 9.97. The molecule has 0 unspecified atom stereocenters. The van der Waals surface area contributed by atoms with Gasteiger partial charge in [-0.2, -0.15) is 16.9 Å². The maximum absolute atomic E-state index is 14.8. The first-order chi connectivity index (χ1) is 13.8. The predicted octanol–water partition coefficient (Wildman–Crippen LogP) is 5.29. The highest BCUT2D eigenvalue weighted by Crippen LogP contribution is 2.36. The topological polar surface area (TPSA) is 55.1 Å². The van der Waals surface area contributed by atoms with Crippen molar-refractivity contribution in [3.8, 4) is 16.9 Å². The number of rotatable bonds is 5. The van der Waals surface area contributed by atoms with Crippen molar-refractivity contribution in [3.63, 3.8) is 0 Å². The number of aromatic nitrogens is 2. The molecule has 2 aromatic carbocycles. The summed E-state index contributed by atoms with van der Waals surface area (Å²) in [5, 5.41) is 14.7. The van der Waals surface area contributed by atoms with Crippen LogP contribution in [0.4, 0.5) is 4.39 Å². The maximum Gasteiger partial charge on any atom is 0.278 e. The molecule has 4 nitrogen and oxygen atoms in total. The van der Waals surface area contributed by atoms with E-state index in [1.54, 1.807) is 30.8 Å². The van der Waals surface area contributed by atoms with Gasteiger partial charge in [-0.15, -0.1) is 0 Å². The molecule has 0 saturated heterocycles. The number of nitrogens with zero attached hydrogens (tertiary/aromatic N) is 2. The first kappa shape index (κ1) is 21.1. The van der Waals surface area contributed by atoms with Crippen LogP contribution in [-0.4, -0.2) is 21.1 Å². The smallest absolute Gasteiger partial charge is 0.278 e. The van der Waals surface area contributed by atoms with Crippen LogP contribution >= 0.6 is 23.4 Å². The fraction of sp³-hybridized carbons (Fsp3) is 0.182. The summed E-state index contributed by atoms with van der Waals surface area (Å²) in [6.07, 6.45) is 5.49. The molecule has 0 fully saturated rings. The average molecular weight is 431 g/mol. The highest BCUT2D eigenvalue weighted by molar-refractivity contribution is 7.97. The normalized spacial score (nSPS) is 11.3. The third-order valence-corrected chi connectivity index (χ3v) is 5.46. The van der Waals surface area contributed by atoms with Gasteiger partial charge in [0.25, 0.3) is 5.56 Å². The fourth-order valence-corrected chi connectivity index (χ4v) is 3.79. The molecular formula is C22H20ClFN2O2S. The molecule has 1 N–H and O–H groups in total. The van der Waals surface area contributed by atoms with Gasteiger partial charge in [0.15, 0.2) is 5.75 Å². The van der Waals surface area contributed by atoms with Gasteiger partial charge in [0.1, 0.15) is 11.5 Å². The molecule has 0 spiro atoms. The van der Waals surface area contributed by atoms with Crippen LogP contribution in [0, 0.1) is 12.7 Å². The van der Waals surface area contributed by atoms with E-state index in [1.807, 2.05) is 30.5 Å². The zero-order valence-electron chi connectivity index (χ0n) is 16.2. The number of aryl methyl sites for hydroxylation is 2. The molecule has 3 rings (SSSR count). The van der Waals surface area contributed by atoms with Gasteiger partial charge in [-0.1, -0.05) is 48.0 Å². The SMILES string of the molecule is CSCc1ccc(/C=C/c2c(Cl)ccc(F)c2-c2c(O)c(C)nn(C)c2=O)cc1. The zero-order chi connectivity index (χ0) is 21.1. The molecule has 7 heteroatoms. The molecule has 29 heavy (non-hydrogen) atoms. The van der Waals surface area contributed by atoms with Crippen LogP contribution in [0.2, 0.25) is 5.02 Å². The van der Waals surface area contributed by atoms with E-state index in [4.69, 9.17) is 11.6 Å². The Bertz CT molecular complexity index is 1140. The van der Waals surface area contributed by atoms with Gasteiger partial charge in [-0.25, -0.2) is 9.07 Å². The Labute approximate surface area is 177 Å². The summed E-state index contributed by atoms with van der Waals surface area (Å²) >= 11 is 8.08. The number of hydrogen-bond acceptors (Lipinski definition) is 4. The first-order valence-corrected chi connectivity index (χ1v) is 10.6. The highest BCUT2D eigenvalue weighted by atomic mass is 35.5. The van der Waals surface area contributed by atoms with E-state index in [0.717, 1.165) is 16.0 Å². The molecule has 1 aromatic heterocycles. The van der Waals surface area contributed by atoms with Gasteiger partial charge in [-0.3, -0.25) is 4.79 Å². The van der Waals surface area contributed by atoms with Crippen molar-refractivity contribution in [2.24, 2.45) is 7.05 Å². The Balaban J connectivity index is 2.15. The number of halogens is 2. The summed E-state index contributed by atoms with van der Waals surface area (Å²) in [5.74, 6) is -0.0823. The summed E-state index contributed by atoms with van der Waals surface area (Å²) in [7, 11) is 1.45. The minimum absolute atomic E-state index is 0.0450. The molecule has 0 bridgehead atoms. The van der Waals surface area contributed by atoms with Crippen LogP contribution in [0.1, 0.15) is 22.4 Å². The Morgan fingerprint density at radius 1 is 1.17 bits per heavy atom. The lowest BCUT2D eigenvalue weighted by Gasteiger charge is -2.13. The molecule has 0 radical (unpaired) electrons. The Hall–Kier alpha value is -2.57. The van der Waals surface area contributed by atoms with Gasteiger partial charge in [0.2, 0.25) is 0 Å². The molecule has 0 saturated carbocycles. The van der Waals surface area contributed by atoms with Crippen LogP contribution in [-0.2, 0) is 12.8 Å². The van der Waals surface area contributed by atoms with E-state index in [-0.39, 0.29) is 27.6 Å². The molecule has 0 aliphatic heterocycles. The summed E-state index contributed by atoms with van der Waals surface area (Å²) in [6, 6.07) is 10.6. The van der Waals surface area contributed by atoms with Crippen molar-refractivity contribution >= 4 is 35.5 Å². The minimum Gasteiger partial charge on any atom is -0.505 e. The Kier molecular flexibility index (Phi) is 6.45. The van der Waals surface area contributed by atoms with Crippen molar-refractivity contribution in [2.75, 3.05) is 6.26 Å². The van der Waals surface area contributed by atoms with Crippen molar-refractivity contribution in [2.45, 2.75) is 12.7 Å². The van der Waals surface area contributed by atoms with E-state index in [1.165, 1.54) is 24.7 Å². The lowest BCUT2D eigenvalue weighted by molar-refractivity contribution is 0.460. The van der Waals surface area contributed by atoms with E-state index >= 15 is 0 Å². The fourth-order valence-electron chi connectivity index (χ4n) is 3.04. The number of benzene rings is 2. The highest BCUT2D eigenvalue weighted by Gasteiger charge is 2.22.